The summed E-state index contributed by atoms with van der Waals surface area (Å²) < 4.78 is 15.2. The minimum Gasteiger partial charge on any atom is -0.491 e. The molecule has 0 aliphatic carbocycles. The Morgan fingerprint density at radius 1 is 1.09 bits per heavy atom. The summed E-state index contributed by atoms with van der Waals surface area (Å²) in [6.45, 7) is 7.55. The summed E-state index contributed by atoms with van der Waals surface area (Å²) in [6.07, 6.45) is 5.00. The van der Waals surface area contributed by atoms with E-state index in [0.717, 1.165) is 5.75 Å². The molecular formula is C19H30O4. The van der Waals surface area contributed by atoms with Crippen molar-refractivity contribution >= 4 is 5.97 Å². The molecule has 23 heavy (non-hydrogen) atoms. The van der Waals surface area contributed by atoms with E-state index in [4.69, 9.17) is 9.47 Å². The lowest BCUT2D eigenvalue weighted by molar-refractivity contribution is -0.146. The molecule has 0 heterocycles. The van der Waals surface area contributed by atoms with Crippen molar-refractivity contribution in [2.75, 3.05) is 26.9 Å². The van der Waals surface area contributed by atoms with E-state index in [1.807, 2.05) is 12.1 Å². The maximum atomic E-state index is 10.9. The van der Waals surface area contributed by atoms with Gasteiger partial charge in [0.25, 0.3) is 0 Å². The van der Waals surface area contributed by atoms with Gasteiger partial charge in [-0.15, -0.1) is 0 Å². The largest absolute Gasteiger partial charge is 0.491 e. The molecule has 0 radical (unpaired) electrons. The first-order chi connectivity index (χ1) is 11.0. The molecule has 0 saturated carbocycles. The molecule has 4 heteroatoms. The van der Waals surface area contributed by atoms with E-state index in [1.165, 1.54) is 38.4 Å². The van der Waals surface area contributed by atoms with Crippen LogP contribution in [0.1, 0.15) is 52.0 Å². The van der Waals surface area contributed by atoms with E-state index >= 15 is 0 Å². The number of unbranched alkanes of at least 4 members (excludes halogenated alkanes) is 2. The van der Waals surface area contributed by atoms with Gasteiger partial charge in [0, 0.05) is 0 Å². The highest BCUT2D eigenvalue weighted by atomic mass is 16.6. The second-order valence-electron chi connectivity index (χ2n) is 6.34. The number of carbonyl (C=O) groups excluding carboxylic acids is 1. The molecule has 0 fully saturated rings. The third-order valence-corrected chi connectivity index (χ3v) is 3.99. The Morgan fingerprint density at radius 3 is 2.39 bits per heavy atom. The zero-order valence-corrected chi connectivity index (χ0v) is 14.9. The lowest BCUT2D eigenvalue weighted by Gasteiger charge is -2.25. The van der Waals surface area contributed by atoms with Crippen LogP contribution in [0.2, 0.25) is 0 Å². The maximum Gasteiger partial charge on any atom is 0.331 e. The number of rotatable bonds is 11. The second-order valence-corrected chi connectivity index (χ2v) is 6.34. The van der Waals surface area contributed by atoms with E-state index in [1.54, 1.807) is 0 Å². The van der Waals surface area contributed by atoms with E-state index < -0.39 is 0 Å². The van der Waals surface area contributed by atoms with Crippen molar-refractivity contribution in [3.8, 4) is 5.75 Å². The average Bonchev–Trinajstić information content (AvgIpc) is 2.55. The topological polar surface area (TPSA) is 44.8 Å². The van der Waals surface area contributed by atoms with Crippen molar-refractivity contribution in [1.29, 1.82) is 0 Å². The zero-order valence-electron chi connectivity index (χ0n) is 14.9. The van der Waals surface area contributed by atoms with Crippen LogP contribution in [0.4, 0.5) is 0 Å². The van der Waals surface area contributed by atoms with Crippen molar-refractivity contribution in [2.45, 2.75) is 51.9 Å². The number of methoxy groups -OCH3 is 1. The third kappa shape index (κ3) is 7.51. The highest BCUT2D eigenvalue weighted by Crippen LogP contribution is 2.30. The maximum absolute atomic E-state index is 10.9. The summed E-state index contributed by atoms with van der Waals surface area (Å²) >= 11 is 0. The van der Waals surface area contributed by atoms with Gasteiger partial charge in [-0.2, -0.15) is 0 Å². The molecule has 0 N–H and O–H groups in total. The molecule has 0 aliphatic heterocycles. The Hall–Kier alpha value is -1.55. The second kappa shape index (κ2) is 10.3. The predicted molar refractivity (Wildman–Crippen MR) is 91.9 cm³/mol. The Bertz CT molecular complexity index is 451. The number of benzene rings is 1. The van der Waals surface area contributed by atoms with E-state index in [-0.39, 0.29) is 18.0 Å². The van der Waals surface area contributed by atoms with E-state index in [2.05, 4.69) is 37.6 Å². The summed E-state index contributed by atoms with van der Waals surface area (Å²) in [5, 5.41) is 0. The number of carbonyl (C=O) groups is 1. The Kier molecular flexibility index (Phi) is 8.70. The van der Waals surface area contributed by atoms with Crippen LogP contribution in [0.5, 0.6) is 5.75 Å². The first-order valence-electron chi connectivity index (χ1n) is 8.37. The van der Waals surface area contributed by atoms with Crippen molar-refractivity contribution < 1.29 is 19.0 Å². The van der Waals surface area contributed by atoms with Crippen LogP contribution in [-0.2, 0) is 19.7 Å². The molecule has 0 aromatic heterocycles. The molecule has 0 amide bonds. The summed E-state index contributed by atoms with van der Waals surface area (Å²) in [6, 6.07) is 8.27. The van der Waals surface area contributed by atoms with Crippen LogP contribution in [0.25, 0.3) is 0 Å². The first-order valence-corrected chi connectivity index (χ1v) is 8.37. The number of esters is 1. The summed E-state index contributed by atoms with van der Waals surface area (Å²) in [7, 11) is 1.34. The number of ether oxygens (including phenoxy) is 3. The molecule has 1 rings (SSSR count). The zero-order chi connectivity index (χ0) is 17.1. The molecular weight excluding hydrogens is 292 g/mol. The quantitative estimate of drug-likeness (QED) is 0.454. The Morgan fingerprint density at radius 2 is 1.78 bits per heavy atom. The lowest BCUT2D eigenvalue weighted by Crippen LogP contribution is -2.17. The third-order valence-electron chi connectivity index (χ3n) is 3.99. The molecule has 0 saturated heterocycles. The smallest absolute Gasteiger partial charge is 0.331 e. The van der Waals surface area contributed by atoms with Crippen molar-refractivity contribution in [2.24, 2.45) is 0 Å². The van der Waals surface area contributed by atoms with Crippen molar-refractivity contribution in [1.82, 2.24) is 0 Å². The lowest BCUT2D eigenvalue weighted by atomic mass is 9.80. The van der Waals surface area contributed by atoms with Gasteiger partial charge in [0.1, 0.15) is 19.0 Å². The molecule has 0 aliphatic rings. The van der Waals surface area contributed by atoms with Gasteiger partial charge in [0.2, 0.25) is 0 Å². The highest BCUT2D eigenvalue weighted by molar-refractivity contribution is 5.70. The summed E-state index contributed by atoms with van der Waals surface area (Å²) in [4.78, 5) is 10.9. The van der Waals surface area contributed by atoms with Gasteiger partial charge in [-0.25, -0.2) is 4.79 Å². The molecule has 1 aromatic rings. The van der Waals surface area contributed by atoms with Crippen LogP contribution in [-0.4, -0.2) is 32.9 Å². The fraction of sp³-hybridized carbons (Fsp3) is 0.632. The SMILES string of the molecule is CCCCCC(C)(C)c1ccc(OCCOCC(=O)OC)cc1. The summed E-state index contributed by atoms with van der Waals surface area (Å²) in [5.41, 5.74) is 1.53. The van der Waals surface area contributed by atoms with Crippen LogP contribution >= 0.6 is 0 Å². The average molecular weight is 322 g/mol. The van der Waals surface area contributed by atoms with Gasteiger partial charge >= 0.3 is 5.97 Å². The molecule has 0 bridgehead atoms. The van der Waals surface area contributed by atoms with Crippen LogP contribution in [0.15, 0.2) is 24.3 Å². The van der Waals surface area contributed by atoms with Crippen LogP contribution in [0.3, 0.4) is 0 Å². The van der Waals surface area contributed by atoms with Gasteiger partial charge in [0.15, 0.2) is 0 Å². The fourth-order valence-electron chi connectivity index (χ4n) is 2.40. The Labute approximate surface area is 140 Å². The Balaban J connectivity index is 2.36. The minimum atomic E-state index is -0.375. The molecule has 4 nitrogen and oxygen atoms in total. The van der Waals surface area contributed by atoms with Crippen LogP contribution in [0, 0.1) is 0 Å². The summed E-state index contributed by atoms with van der Waals surface area (Å²) in [5.74, 6) is 0.444. The first kappa shape index (κ1) is 19.5. The van der Waals surface area contributed by atoms with Crippen molar-refractivity contribution in [3.63, 3.8) is 0 Å². The monoisotopic (exact) mass is 322 g/mol. The van der Waals surface area contributed by atoms with E-state index in [0.29, 0.717) is 13.2 Å². The predicted octanol–water partition coefficient (Wildman–Crippen LogP) is 4.11. The van der Waals surface area contributed by atoms with Crippen LogP contribution < -0.4 is 4.74 Å². The number of hydrogen-bond acceptors (Lipinski definition) is 4. The van der Waals surface area contributed by atoms with Gasteiger partial charge < -0.3 is 14.2 Å². The standard InChI is InChI=1S/C19H30O4/c1-5-6-7-12-19(2,3)16-8-10-17(11-9-16)23-14-13-22-15-18(20)21-4/h8-11H,5-7,12-15H2,1-4H3. The molecule has 0 spiro atoms. The molecule has 1 aromatic carbocycles. The van der Waals surface area contributed by atoms with Gasteiger partial charge in [-0.05, 0) is 29.5 Å². The molecule has 0 unspecified atom stereocenters. The van der Waals surface area contributed by atoms with Gasteiger partial charge in [-0.3, -0.25) is 0 Å². The highest BCUT2D eigenvalue weighted by Gasteiger charge is 2.19. The van der Waals surface area contributed by atoms with Gasteiger partial charge in [0.05, 0.1) is 13.7 Å². The van der Waals surface area contributed by atoms with Gasteiger partial charge in [-0.1, -0.05) is 52.2 Å². The molecule has 0 atom stereocenters. The fourth-order valence-corrected chi connectivity index (χ4v) is 2.40. The molecule has 130 valence electrons. The van der Waals surface area contributed by atoms with E-state index in [9.17, 15) is 4.79 Å². The number of hydrogen-bond donors (Lipinski definition) is 0. The normalized spacial score (nSPS) is 11.3. The minimum absolute atomic E-state index is 0.0370. The van der Waals surface area contributed by atoms with Crippen molar-refractivity contribution in [3.05, 3.63) is 29.8 Å².